The van der Waals surface area contributed by atoms with Gasteiger partial charge in [-0.05, 0) is 65.9 Å². The van der Waals surface area contributed by atoms with Crippen LogP contribution in [-0.2, 0) is 11.2 Å². The molecule has 8 heteroatoms. The number of fused-ring (bicyclic) bond motifs is 8. The maximum atomic E-state index is 13.6. The van der Waals surface area contributed by atoms with Crippen molar-refractivity contribution >= 4 is 11.8 Å². The summed E-state index contributed by atoms with van der Waals surface area (Å²) < 4.78 is 17.4. The molecule has 180 valence electrons. The van der Waals surface area contributed by atoms with Gasteiger partial charge in [0, 0.05) is 19.3 Å². The summed E-state index contributed by atoms with van der Waals surface area (Å²) in [7, 11) is 1.57. The molecular weight excluding hydrogens is 446 g/mol. The van der Waals surface area contributed by atoms with Crippen molar-refractivity contribution < 1.29 is 23.8 Å². The molecule has 3 aromatic rings. The van der Waals surface area contributed by atoms with Crippen LogP contribution in [0.5, 0.6) is 17.2 Å². The Morgan fingerprint density at radius 3 is 2.89 bits per heavy atom. The molecule has 0 saturated carbocycles. The Bertz CT molecular complexity index is 1230. The van der Waals surface area contributed by atoms with E-state index in [0.717, 1.165) is 16.7 Å². The SMILES string of the molecule is COc1cc2c3cc1OCC(=O)NCCCOc1cccc(c1)C2N(C(=O)c1ccccn1)CC3. The number of aromatic nitrogens is 1. The minimum atomic E-state index is -0.365. The Labute approximate surface area is 203 Å². The van der Waals surface area contributed by atoms with Crippen LogP contribution < -0.4 is 19.5 Å². The molecule has 4 heterocycles. The summed E-state index contributed by atoms with van der Waals surface area (Å²) in [6.07, 6.45) is 2.92. The van der Waals surface area contributed by atoms with Crippen LogP contribution >= 0.6 is 0 Å². The molecule has 0 spiro atoms. The summed E-state index contributed by atoms with van der Waals surface area (Å²) in [5, 5.41) is 2.85. The van der Waals surface area contributed by atoms with Crippen LogP contribution in [-0.4, -0.2) is 55.1 Å². The van der Waals surface area contributed by atoms with Crippen LogP contribution in [0.15, 0.2) is 60.8 Å². The highest BCUT2D eigenvalue weighted by atomic mass is 16.5. The van der Waals surface area contributed by atoms with Crippen molar-refractivity contribution in [1.82, 2.24) is 15.2 Å². The minimum Gasteiger partial charge on any atom is -0.494 e. The first kappa shape index (κ1) is 22.7. The first-order valence-electron chi connectivity index (χ1n) is 11.7. The third kappa shape index (κ3) is 4.77. The molecule has 2 aromatic carbocycles. The minimum absolute atomic E-state index is 0.108. The fraction of sp³-hybridized carbons (Fsp3) is 0.296. The number of hydrogen-bond donors (Lipinski definition) is 1. The largest absolute Gasteiger partial charge is 0.494 e. The van der Waals surface area contributed by atoms with E-state index in [0.29, 0.717) is 55.5 Å². The Balaban J connectivity index is 1.63. The lowest BCUT2D eigenvalue weighted by Gasteiger charge is -2.38. The second-order valence-corrected chi connectivity index (χ2v) is 8.48. The second kappa shape index (κ2) is 10.0. The molecule has 1 N–H and O–H groups in total. The Morgan fingerprint density at radius 1 is 1.14 bits per heavy atom. The lowest BCUT2D eigenvalue weighted by molar-refractivity contribution is -0.123. The third-order valence-corrected chi connectivity index (χ3v) is 6.24. The zero-order chi connectivity index (χ0) is 24.2. The smallest absolute Gasteiger partial charge is 0.273 e. The highest BCUT2D eigenvalue weighted by molar-refractivity contribution is 5.93. The maximum Gasteiger partial charge on any atom is 0.273 e. The number of benzene rings is 2. The average Bonchev–Trinajstić information content (AvgIpc) is 2.90. The van der Waals surface area contributed by atoms with E-state index < -0.39 is 0 Å². The normalized spacial score (nSPS) is 17.7. The van der Waals surface area contributed by atoms with E-state index in [1.54, 1.807) is 25.4 Å². The highest BCUT2D eigenvalue weighted by Gasteiger charge is 2.34. The topological polar surface area (TPSA) is 90.0 Å². The molecule has 1 atom stereocenters. The van der Waals surface area contributed by atoms with Gasteiger partial charge in [-0.25, -0.2) is 0 Å². The van der Waals surface area contributed by atoms with Gasteiger partial charge in [0.2, 0.25) is 0 Å². The molecule has 0 radical (unpaired) electrons. The summed E-state index contributed by atoms with van der Waals surface area (Å²) >= 11 is 0. The monoisotopic (exact) mass is 473 g/mol. The van der Waals surface area contributed by atoms with E-state index in [1.807, 2.05) is 47.4 Å². The first-order chi connectivity index (χ1) is 17.1. The Hall–Kier alpha value is -4.07. The number of methoxy groups -OCH3 is 1. The summed E-state index contributed by atoms with van der Waals surface area (Å²) in [6, 6.07) is 16.6. The van der Waals surface area contributed by atoms with Crippen molar-refractivity contribution in [3.8, 4) is 17.2 Å². The van der Waals surface area contributed by atoms with Gasteiger partial charge in [-0.1, -0.05) is 18.2 Å². The zero-order valence-electron chi connectivity index (χ0n) is 19.5. The van der Waals surface area contributed by atoms with Gasteiger partial charge in [0.05, 0.1) is 19.8 Å². The molecule has 1 aromatic heterocycles. The first-order valence-corrected chi connectivity index (χ1v) is 11.7. The van der Waals surface area contributed by atoms with Gasteiger partial charge in [0.1, 0.15) is 11.4 Å². The second-order valence-electron chi connectivity index (χ2n) is 8.48. The molecule has 0 fully saturated rings. The van der Waals surface area contributed by atoms with Gasteiger partial charge < -0.3 is 24.4 Å². The quantitative estimate of drug-likeness (QED) is 0.615. The van der Waals surface area contributed by atoms with E-state index in [2.05, 4.69) is 10.3 Å². The van der Waals surface area contributed by atoms with E-state index in [-0.39, 0.29) is 24.5 Å². The number of pyridine rings is 1. The van der Waals surface area contributed by atoms with Crippen LogP contribution in [0.2, 0.25) is 0 Å². The predicted molar refractivity (Wildman–Crippen MR) is 129 cm³/mol. The van der Waals surface area contributed by atoms with E-state index >= 15 is 0 Å². The Morgan fingerprint density at radius 2 is 2.06 bits per heavy atom. The average molecular weight is 474 g/mol. The molecule has 8 nitrogen and oxygen atoms in total. The summed E-state index contributed by atoms with van der Waals surface area (Å²) in [5.41, 5.74) is 3.31. The van der Waals surface area contributed by atoms with Crippen molar-refractivity contribution in [2.45, 2.75) is 18.9 Å². The van der Waals surface area contributed by atoms with Gasteiger partial charge in [0.15, 0.2) is 18.1 Å². The number of carbonyl (C=O) groups is 2. The van der Waals surface area contributed by atoms with Crippen molar-refractivity contribution in [3.63, 3.8) is 0 Å². The molecular formula is C27H27N3O5. The lowest BCUT2D eigenvalue weighted by Crippen LogP contribution is -2.41. The molecule has 35 heavy (non-hydrogen) atoms. The number of nitrogens with zero attached hydrogens (tertiary/aromatic N) is 2. The number of ether oxygens (including phenoxy) is 3. The molecule has 3 aliphatic rings. The van der Waals surface area contributed by atoms with Gasteiger partial charge in [-0.3, -0.25) is 14.6 Å². The molecule has 0 saturated heterocycles. The molecule has 3 aliphatic heterocycles. The highest BCUT2D eigenvalue weighted by Crippen LogP contribution is 2.42. The zero-order valence-corrected chi connectivity index (χ0v) is 19.5. The predicted octanol–water partition coefficient (Wildman–Crippen LogP) is 3.16. The lowest BCUT2D eigenvalue weighted by atomic mass is 9.87. The number of rotatable bonds is 2. The molecule has 2 amide bonds. The number of carbonyl (C=O) groups excluding carboxylic acids is 2. The van der Waals surface area contributed by atoms with Crippen LogP contribution in [0.1, 0.15) is 39.6 Å². The third-order valence-electron chi connectivity index (χ3n) is 6.24. The molecule has 1 unspecified atom stereocenters. The van der Waals surface area contributed by atoms with Crippen molar-refractivity contribution in [3.05, 3.63) is 83.2 Å². The molecule has 6 rings (SSSR count). The maximum absolute atomic E-state index is 13.6. The van der Waals surface area contributed by atoms with Crippen LogP contribution in [0, 0.1) is 0 Å². The number of hydrogen-bond acceptors (Lipinski definition) is 6. The van der Waals surface area contributed by atoms with Crippen LogP contribution in [0.4, 0.5) is 0 Å². The van der Waals surface area contributed by atoms with Gasteiger partial charge in [-0.2, -0.15) is 0 Å². The van der Waals surface area contributed by atoms with Crippen LogP contribution in [0.3, 0.4) is 0 Å². The van der Waals surface area contributed by atoms with Gasteiger partial charge in [-0.15, -0.1) is 0 Å². The van der Waals surface area contributed by atoms with Crippen molar-refractivity contribution in [2.75, 3.05) is 33.4 Å². The summed E-state index contributed by atoms with van der Waals surface area (Å²) in [4.78, 5) is 32.0. The van der Waals surface area contributed by atoms with Crippen molar-refractivity contribution in [2.24, 2.45) is 0 Å². The standard InChI is InChI=1S/C27H27N3O5/c1-33-23-16-21-18-9-12-30(27(32)22-8-2-3-10-28-22)26(21)19-6-4-7-20(14-19)34-13-5-11-29-25(31)17-35-24(23)15-18/h2-4,6-8,10,14-16,26H,5,9,11-13,17H2,1H3,(H,29,31). The van der Waals surface area contributed by atoms with E-state index in [1.165, 1.54) is 0 Å². The van der Waals surface area contributed by atoms with Gasteiger partial charge in [0.25, 0.3) is 11.8 Å². The Kier molecular flexibility index (Phi) is 6.52. The molecule has 0 aliphatic carbocycles. The summed E-state index contributed by atoms with van der Waals surface area (Å²) in [6.45, 7) is 1.34. The van der Waals surface area contributed by atoms with Crippen LogP contribution in [0.25, 0.3) is 0 Å². The van der Waals surface area contributed by atoms with Crippen molar-refractivity contribution in [1.29, 1.82) is 0 Å². The number of nitrogens with one attached hydrogen (secondary N) is 1. The van der Waals surface area contributed by atoms with E-state index in [4.69, 9.17) is 14.2 Å². The van der Waals surface area contributed by atoms with Gasteiger partial charge >= 0.3 is 0 Å². The van der Waals surface area contributed by atoms with E-state index in [9.17, 15) is 9.59 Å². The summed E-state index contributed by atoms with van der Waals surface area (Å²) in [5.74, 6) is 1.38. The number of amides is 2. The fourth-order valence-corrected chi connectivity index (χ4v) is 4.57. The fourth-order valence-electron chi connectivity index (χ4n) is 4.57. The molecule has 6 bridgehead atoms.